The summed E-state index contributed by atoms with van der Waals surface area (Å²) in [5.41, 5.74) is 6.70. The molecule has 1 aliphatic rings. The third-order valence-corrected chi connectivity index (χ3v) is 3.94. The van der Waals surface area contributed by atoms with Crippen LogP contribution in [0.4, 0.5) is 11.4 Å². The molecule has 1 aromatic rings. The van der Waals surface area contributed by atoms with Crippen molar-refractivity contribution in [1.29, 1.82) is 0 Å². The molecular weight excluding hydrogens is 292 g/mol. The van der Waals surface area contributed by atoms with Crippen LogP contribution >= 0.6 is 11.6 Å². The van der Waals surface area contributed by atoms with Crippen LogP contribution in [-0.4, -0.2) is 31.8 Å². The van der Waals surface area contributed by atoms with Gasteiger partial charge in [-0.1, -0.05) is 11.6 Å². The van der Waals surface area contributed by atoms with E-state index in [9.17, 15) is 4.79 Å². The molecule has 1 saturated carbocycles. The van der Waals surface area contributed by atoms with Crippen LogP contribution in [0, 0.1) is 0 Å². The average Bonchev–Trinajstić information content (AvgIpc) is 2.48. The number of rotatable bonds is 5. The molecule has 6 heteroatoms. The van der Waals surface area contributed by atoms with Gasteiger partial charge < -0.3 is 20.5 Å². The van der Waals surface area contributed by atoms with Crippen LogP contribution in [0.5, 0.6) is 0 Å². The predicted molar refractivity (Wildman–Crippen MR) is 83.5 cm³/mol. The third-order valence-electron chi connectivity index (χ3n) is 3.63. The summed E-state index contributed by atoms with van der Waals surface area (Å²) in [5.74, 6) is -0.221. The molecule has 0 heterocycles. The van der Waals surface area contributed by atoms with Crippen molar-refractivity contribution in [3.63, 3.8) is 0 Å². The van der Waals surface area contributed by atoms with Gasteiger partial charge in [-0.25, -0.2) is 0 Å². The van der Waals surface area contributed by atoms with E-state index >= 15 is 0 Å². The van der Waals surface area contributed by atoms with E-state index in [0.717, 1.165) is 25.7 Å². The fourth-order valence-corrected chi connectivity index (χ4v) is 2.72. The Morgan fingerprint density at radius 2 is 2.19 bits per heavy atom. The Hall–Kier alpha value is -1.30. The minimum Gasteiger partial charge on any atom is -0.399 e. The molecular formula is C15H21ClN2O3. The molecule has 0 spiro atoms. The number of benzene rings is 1. The highest BCUT2D eigenvalue weighted by molar-refractivity contribution is 6.34. The van der Waals surface area contributed by atoms with E-state index in [2.05, 4.69) is 5.32 Å². The predicted octanol–water partition coefficient (Wildman–Crippen LogP) is 2.83. The molecule has 2 atom stereocenters. The van der Waals surface area contributed by atoms with Gasteiger partial charge in [-0.2, -0.15) is 0 Å². The second-order valence-electron chi connectivity index (χ2n) is 5.24. The number of methoxy groups -OCH3 is 1. The van der Waals surface area contributed by atoms with E-state index in [1.165, 1.54) is 0 Å². The van der Waals surface area contributed by atoms with E-state index in [-0.39, 0.29) is 24.7 Å². The van der Waals surface area contributed by atoms with E-state index in [4.69, 9.17) is 26.8 Å². The molecule has 1 fully saturated rings. The van der Waals surface area contributed by atoms with Gasteiger partial charge >= 0.3 is 0 Å². The SMILES string of the molecule is COC1CCCC(OCC(=O)Nc2ccc(N)cc2Cl)C1. The normalized spacial score (nSPS) is 22.0. The molecule has 0 aliphatic heterocycles. The van der Waals surface area contributed by atoms with E-state index < -0.39 is 0 Å². The molecule has 0 aromatic heterocycles. The summed E-state index contributed by atoms with van der Waals surface area (Å²) in [5, 5.41) is 3.14. The van der Waals surface area contributed by atoms with E-state index in [1.54, 1.807) is 25.3 Å². The average molecular weight is 313 g/mol. The molecule has 5 nitrogen and oxygen atoms in total. The molecule has 21 heavy (non-hydrogen) atoms. The van der Waals surface area contributed by atoms with Crippen LogP contribution in [0.2, 0.25) is 5.02 Å². The van der Waals surface area contributed by atoms with E-state index in [0.29, 0.717) is 16.4 Å². The number of nitrogen functional groups attached to an aromatic ring is 1. The van der Waals surface area contributed by atoms with Crippen LogP contribution in [0.25, 0.3) is 0 Å². The van der Waals surface area contributed by atoms with Gasteiger partial charge in [0.25, 0.3) is 0 Å². The largest absolute Gasteiger partial charge is 0.399 e. The summed E-state index contributed by atoms with van der Waals surface area (Å²) < 4.78 is 11.0. The Morgan fingerprint density at radius 1 is 1.43 bits per heavy atom. The molecule has 2 unspecified atom stereocenters. The lowest BCUT2D eigenvalue weighted by Gasteiger charge is -2.28. The summed E-state index contributed by atoms with van der Waals surface area (Å²) in [6.07, 6.45) is 4.25. The van der Waals surface area contributed by atoms with Crippen molar-refractivity contribution in [3.8, 4) is 0 Å². The van der Waals surface area contributed by atoms with Crippen molar-refractivity contribution in [3.05, 3.63) is 23.2 Å². The number of nitrogens with two attached hydrogens (primary N) is 1. The van der Waals surface area contributed by atoms with Gasteiger partial charge in [0, 0.05) is 12.8 Å². The highest BCUT2D eigenvalue weighted by Crippen LogP contribution is 2.25. The minimum atomic E-state index is -0.221. The van der Waals surface area contributed by atoms with Crippen LogP contribution in [-0.2, 0) is 14.3 Å². The maximum Gasteiger partial charge on any atom is 0.250 e. The number of anilines is 2. The first-order valence-electron chi connectivity index (χ1n) is 7.07. The number of carbonyl (C=O) groups is 1. The molecule has 0 bridgehead atoms. The number of halogens is 1. The zero-order chi connectivity index (χ0) is 15.2. The number of hydrogen-bond donors (Lipinski definition) is 2. The summed E-state index contributed by atoms with van der Waals surface area (Å²) >= 11 is 6.01. The molecule has 116 valence electrons. The maximum absolute atomic E-state index is 11.9. The number of carbonyl (C=O) groups excluding carboxylic acids is 1. The molecule has 3 N–H and O–H groups in total. The van der Waals surface area contributed by atoms with Crippen molar-refractivity contribution in [2.24, 2.45) is 0 Å². The Labute approximate surface area is 129 Å². The van der Waals surface area contributed by atoms with Crippen molar-refractivity contribution >= 4 is 28.9 Å². The zero-order valence-corrected chi connectivity index (χ0v) is 12.9. The Morgan fingerprint density at radius 3 is 2.90 bits per heavy atom. The fourth-order valence-electron chi connectivity index (χ4n) is 2.48. The summed E-state index contributed by atoms with van der Waals surface area (Å²) in [4.78, 5) is 11.9. The van der Waals surface area contributed by atoms with Crippen LogP contribution in [0.15, 0.2) is 18.2 Å². The molecule has 1 aliphatic carbocycles. The van der Waals surface area contributed by atoms with Crippen molar-refractivity contribution in [2.45, 2.75) is 37.9 Å². The van der Waals surface area contributed by atoms with Crippen molar-refractivity contribution in [2.75, 3.05) is 24.8 Å². The zero-order valence-electron chi connectivity index (χ0n) is 12.1. The standard InChI is InChI=1S/C15H21ClN2O3/c1-20-11-3-2-4-12(8-11)21-9-15(19)18-14-6-5-10(17)7-13(14)16/h5-7,11-12H,2-4,8-9,17H2,1H3,(H,18,19). The molecule has 1 aromatic carbocycles. The molecule has 0 saturated heterocycles. The first kappa shape index (κ1) is 16.1. The van der Waals surface area contributed by atoms with E-state index in [1.807, 2.05) is 0 Å². The third kappa shape index (κ3) is 4.88. The van der Waals surface area contributed by atoms with Gasteiger partial charge in [0.15, 0.2) is 0 Å². The molecule has 1 amide bonds. The fraction of sp³-hybridized carbons (Fsp3) is 0.533. The van der Waals surface area contributed by atoms with Crippen LogP contribution in [0.1, 0.15) is 25.7 Å². The monoisotopic (exact) mass is 312 g/mol. The summed E-state index contributed by atoms with van der Waals surface area (Å²) in [6, 6.07) is 4.96. The van der Waals surface area contributed by atoms with Crippen molar-refractivity contribution in [1.82, 2.24) is 0 Å². The maximum atomic E-state index is 11.9. The lowest BCUT2D eigenvalue weighted by molar-refractivity contribution is -0.124. The van der Waals surface area contributed by atoms with Gasteiger partial charge in [0.1, 0.15) is 6.61 Å². The summed E-state index contributed by atoms with van der Waals surface area (Å²) in [6.45, 7) is 0.0157. The Bertz CT molecular complexity index is 496. The van der Waals surface area contributed by atoms with Crippen molar-refractivity contribution < 1.29 is 14.3 Å². The van der Waals surface area contributed by atoms with Crippen LogP contribution in [0.3, 0.4) is 0 Å². The highest BCUT2D eigenvalue weighted by atomic mass is 35.5. The van der Waals surface area contributed by atoms with Gasteiger partial charge in [-0.15, -0.1) is 0 Å². The second-order valence-corrected chi connectivity index (χ2v) is 5.65. The van der Waals surface area contributed by atoms with Gasteiger partial charge in [0.05, 0.1) is 22.9 Å². The van der Waals surface area contributed by atoms with Gasteiger partial charge in [-0.3, -0.25) is 4.79 Å². The molecule has 2 rings (SSSR count). The number of amides is 1. The highest BCUT2D eigenvalue weighted by Gasteiger charge is 2.22. The number of ether oxygens (including phenoxy) is 2. The Balaban J connectivity index is 1.79. The second kappa shape index (κ2) is 7.64. The first-order valence-corrected chi connectivity index (χ1v) is 7.45. The Kier molecular flexibility index (Phi) is 5.85. The van der Waals surface area contributed by atoms with Crippen LogP contribution < -0.4 is 11.1 Å². The first-order chi connectivity index (χ1) is 10.1. The van der Waals surface area contributed by atoms with Gasteiger partial charge in [0.2, 0.25) is 5.91 Å². The quantitative estimate of drug-likeness (QED) is 0.820. The lowest BCUT2D eigenvalue weighted by Crippen LogP contribution is -2.30. The lowest BCUT2D eigenvalue weighted by atomic mass is 9.95. The summed E-state index contributed by atoms with van der Waals surface area (Å²) in [7, 11) is 1.71. The number of hydrogen-bond acceptors (Lipinski definition) is 4. The van der Waals surface area contributed by atoms with Gasteiger partial charge in [-0.05, 0) is 43.9 Å². The smallest absolute Gasteiger partial charge is 0.250 e. The topological polar surface area (TPSA) is 73.6 Å². The number of nitrogens with one attached hydrogen (secondary N) is 1. The molecule has 0 radical (unpaired) electrons. The minimum absolute atomic E-state index is 0.0157.